The first-order chi connectivity index (χ1) is 9.36. The lowest BCUT2D eigenvalue weighted by Crippen LogP contribution is -2.50. The molecule has 2 unspecified atom stereocenters. The summed E-state index contributed by atoms with van der Waals surface area (Å²) in [5.41, 5.74) is 0.918. The molecular formula is C17H37N2O+. The third-order valence-electron chi connectivity index (χ3n) is 4.55. The van der Waals surface area contributed by atoms with Gasteiger partial charge >= 0.3 is 0 Å². The Morgan fingerprint density at radius 2 is 1.40 bits per heavy atom. The predicted octanol–water partition coefficient (Wildman–Crippen LogP) is 4.43. The normalized spacial score (nSPS) is 15.4. The zero-order valence-electron chi connectivity index (χ0n) is 14.7. The Balaban J connectivity index is 4.92. The summed E-state index contributed by atoms with van der Waals surface area (Å²) in [5, 5.41) is 10.6. The monoisotopic (exact) mass is 285 g/mol. The summed E-state index contributed by atoms with van der Waals surface area (Å²) in [7, 11) is 0. The number of rotatable bonds is 11. The lowest BCUT2D eigenvalue weighted by Gasteiger charge is -2.38. The maximum Gasteiger partial charge on any atom is 0.148 e. The van der Waals surface area contributed by atoms with Crippen molar-refractivity contribution in [2.75, 3.05) is 19.6 Å². The van der Waals surface area contributed by atoms with Crippen LogP contribution >= 0.6 is 0 Å². The standard InChI is InChI=1S/C17H37N2O/c1-8-12-15(5)18(16(6)13-9-2)14-17(7)19(20,10-3)11-4/h15-16,20H,7-14H2,1-6H3/q+1. The van der Waals surface area contributed by atoms with Crippen LogP contribution in [0.3, 0.4) is 0 Å². The van der Waals surface area contributed by atoms with E-state index in [2.05, 4.69) is 39.2 Å². The Kier molecular flexibility index (Phi) is 9.36. The van der Waals surface area contributed by atoms with E-state index in [9.17, 15) is 5.21 Å². The summed E-state index contributed by atoms with van der Waals surface area (Å²) in [5.74, 6) is 0. The second-order valence-corrected chi connectivity index (χ2v) is 6.07. The summed E-state index contributed by atoms with van der Waals surface area (Å²) < 4.78 is -0.00576. The van der Waals surface area contributed by atoms with E-state index in [1.165, 1.54) is 25.7 Å². The minimum atomic E-state index is -0.00576. The van der Waals surface area contributed by atoms with E-state index in [1.54, 1.807) is 0 Å². The van der Waals surface area contributed by atoms with Crippen LogP contribution in [-0.4, -0.2) is 46.5 Å². The second kappa shape index (κ2) is 9.54. The minimum absolute atomic E-state index is 0.00576. The summed E-state index contributed by atoms with van der Waals surface area (Å²) in [6.45, 7) is 19.4. The molecule has 0 rings (SSSR count). The highest BCUT2D eigenvalue weighted by molar-refractivity contribution is 4.90. The third kappa shape index (κ3) is 5.55. The first-order valence-electron chi connectivity index (χ1n) is 8.40. The third-order valence-corrected chi connectivity index (χ3v) is 4.55. The molecule has 3 heteroatoms. The number of likely N-dealkylation sites (N-methyl/N-ethyl adjacent to an activating group) is 1. The summed E-state index contributed by atoms with van der Waals surface area (Å²) in [6.07, 6.45) is 4.80. The molecule has 2 atom stereocenters. The van der Waals surface area contributed by atoms with E-state index in [0.29, 0.717) is 25.2 Å². The van der Waals surface area contributed by atoms with Crippen molar-refractivity contribution in [3.05, 3.63) is 12.3 Å². The quantitative estimate of drug-likeness (QED) is 0.448. The van der Waals surface area contributed by atoms with Gasteiger partial charge in [-0.3, -0.25) is 4.90 Å². The molecule has 1 N–H and O–H groups in total. The Hall–Kier alpha value is -0.380. The van der Waals surface area contributed by atoms with E-state index in [4.69, 9.17) is 0 Å². The SMILES string of the molecule is C=C(CN(C(C)CCC)C(C)CCC)[N+](O)(CC)CC. The molecule has 3 nitrogen and oxygen atoms in total. The van der Waals surface area contributed by atoms with E-state index in [-0.39, 0.29) is 4.65 Å². The molecule has 0 fully saturated rings. The summed E-state index contributed by atoms with van der Waals surface area (Å²) >= 11 is 0. The fourth-order valence-corrected chi connectivity index (χ4v) is 2.93. The van der Waals surface area contributed by atoms with Crippen molar-refractivity contribution in [2.24, 2.45) is 0 Å². The van der Waals surface area contributed by atoms with Gasteiger partial charge in [-0.25, -0.2) is 5.21 Å². The van der Waals surface area contributed by atoms with Crippen molar-refractivity contribution in [1.29, 1.82) is 0 Å². The van der Waals surface area contributed by atoms with Gasteiger partial charge in [-0.1, -0.05) is 26.7 Å². The molecule has 0 aromatic rings. The van der Waals surface area contributed by atoms with Gasteiger partial charge in [0.2, 0.25) is 0 Å². The molecule has 0 heterocycles. The van der Waals surface area contributed by atoms with Crippen LogP contribution in [0, 0.1) is 0 Å². The minimum Gasteiger partial charge on any atom is -0.289 e. The first-order valence-corrected chi connectivity index (χ1v) is 8.40. The lowest BCUT2D eigenvalue weighted by molar-refractivity contribution is -1.07. The first kappa shape index (κ1) is 19.6. The Bertz CT molecular complexity index is 262. The van der Waals surface area contributed by atoms with Crippen molar-refractivity contribution in [1.82, 2.24) is 4.90 Å². The van der Waals surface area contributed by atoms with Gasteiger partial charge in [-0.05, 0) is 47.1 Å². The molecule has 0 bridgehead atoms. The van der Waals surface area contributed by atoms with Gasteiger partial charge in [0.1, 0.15) is 18.8 Å². The van der Waals surface area contributed by atoms with Crippen LogP contribution in [0.15, 0.2) is 12.3 Å². The van der Waals surface area contributed by atoms with E-state index in [1.807, 2.05) is 13.8 Å². The van der Waals surface area contributed by atoms with Crippen LogP contribution in [0.25, 0.3) is 0 Å². The van der Waals surface area contributed by atoms with Crippen molar-refractivity contribution >= 4 is 0 Å². The highest BCUT2D eigenvalue weighted by Crippen LogP contribution is 2.20. The van der Waals surface area contributed by atoms with Crippen LogP contribution in [0.4, 0.5) is 0 Å². The number of quaternary nitrogens is 1. The largest absolute Gasteiger partial charge is 0.289 e. The number of hydrogen-bond donors (Lipinski definition) is 1. The molecule has 0 aromatic heterocycles. The van der Waals surface area contributed by atoms with Crippen LogP contribution in [0.1, 0.15) is 67.2 Å². The lowest BCUT2D eigenvalue weighted by atomic mass is 10.1. The Morgan fingerprint density at radius 1 is 1.00 bits per heavy atom. The summed E-state index contributed by atoms with van der Waals surface area (Å²) in [6, 6.07) is 1.08. The molecule has 0 radical (unpaired) electrons. The van der Waals surface area contributed by atoms with Gasteiger partial charge in [-0.2, -0.15) is 4.65 Å². The van der Waals surface area contributed by atoms with Gasteiger partial charge in [-0.15, -0.1) is 0 Å². The van der Waals surface area contributed by atoms with Gasteiger partial charge in [0.15, 0.2) is 0 Å². The van der Waals surface area contributed by atoms with Crippen molar-refractivity contribution in [3.8, 4) is 0 Å². The second-order valence-electron chi connectivity index (χ2n) is 6.07. The van der Waals surface area contributed by atoms with Crippen molar-refractivity contribution < 1.29 is 9.85 Å². The van der Waals surface area contributed by atoms with Crippen LogP contribution in [-0.2, 0) is 0 Å². The molecule has 0 amide bonds. The number of hydrogen-bond acceptors (Lipinski definition) is 2. The number of hydroxylamine groups is 3. The zero-order chi connectivity index (χ0) is 15.8. The molecule has 0 saturated carbocycles. The van der Waals surface area contributed by atoms with Gasteiger partial charge in [0.05, 0.1) is 6.54 Å². The average Bonchev–Trinajstić information content (AvgIpc) is 2.43. The van der Waals surface area contributed by atoms with E-state index >= 15 is 0 Å². The smallest absolute Gasteiger partial charge is 0.148 e. The highest BCUT2D eigenvalue weighted by atomic mass is 16.5. The van der Waals surface area contributed by atoms with Crippen LogP contribution in [0.5, 0.6) is 0 Å². The predicted molar refractivity (Wildman–Crippen MR) is 87.7 cm³/mol. The fourth-order valence-electron chi connectivity index (χ4n) is 2.93. The molecule has 120 valence electrons. The zero-order valence-corrected chi connectivity index (χ0v) is 14.7. The summed E-state index contributed by atoms with van der Waals surface area (Å²) in [4.78, 5) is 2.52. The molecule has 0 aliphatic rings. The fraction of sp³-hybridized carbons (Fsp3) is 0.882. The average molecular weight is 285 g/mol. The molecule has 0 aliphatic carbocycles. The van der Waals surface area contributed by atoms with Crippen LogP contribution in [0.2, 0.25) is 0 Å². The molecule has 0 saturated heterocycles. The van der Waals surface area contributed by atoms with Crippen LogP contribution < -0.4 is 0 Å². The van der Waals surface area contributed by atoms with E-state index < -0.39 is 0 Å². The number of nitrogens with zero attached hydrogens (tertiary/aromatic N) is 2. The molecule has 0 spiro atoms. The van der Waals surface area contributed by atoms with Crippen molar-refractivity contribution in [2.45, 2.75) is 79.3 Å². The Labute approximate surface area is 126 Å². The maximum atomic E-state index is 10.6. The van der Waals surface area contributed by atoms with Gasteiger partial charge in [0, 0.05) is 12.1 Å². The molecular weight excluding hydrogens is 248 g/mol. The topological polar surface area (TPSA) is 23.5 Å². The van der Waals surface area contributed by atoms with E-state index in [0.717, 1.165) is 12.2 Å². The molecule has 20 heavy (non-hydrogen) atoms. The Morgan fingerprint density at radius 3 is 1.70 bits per heavy atom. The maximum absolute atomic E-state index is 10.6. The highest BCUT2D eigenvalue weighted by Gasteiger charge is 2.30. The van der Waals surface area contributed by atoms with Gasteiger partial charge in [0.25, 0.3) is 0 Å². The van der Waals surface area contributed by atoms with Gasteiger partial charge < -0.3 is 0 Å². The van der Waals surface area contributed by atoms with Crippen molar-refractivity contribution in [3.63, 3.8) is 0 Å². The molecule has 0 aromatic carbocycles. The molecule has 0 aliphatic heterocycles.